The second-order valence-corrected chi connectivity index (χ2v) is 4.41. The van der Waals surface area contributed by atoms with Crippen LogP contribution in [0, 0.1) is 6.92 Å². The molecular formula is C14H17N3O2. The lowest BCUT2D eigenvalue weighted by molar-refractivity contribution is 0.0934. The summed E-state index contributed by atoms with van der Waals surface area (Å²) in [4.78, 5) is 16.1. The highest BCUT2D eigenvalue weighted by molar-refractivity contribution is 5.94. The van der Waals surface area contributed by atoms with Crippen LogP contribution >= 0.6 is 0 Å². The van der Waals surface area contributed by atoms with E-state index in [0.29, 0.717) is 18.0 Å². The highest BCUT2D eigenvalue weighted by Gasteiger charge is 2.15. The Kier molecular flexibility index (Phi) is 3.97. The zero-order valence-corrected chi connectivity index (χ0v) is 11.0. The fourth-order valence-electron chi connectivity index (χ4n) is 1.71. The number of benzene rings is 1. The van der Waals surface area contributed by atoms with Crippen LogP contribution in [0.3, 0.4) is 0 Å². The maximum absolute atomic E-state index is 12.0. The van der Waals surface area contributed by atoms with E-state index >= 15 is 0 Å². The Morgan fingerprint density at radius 2 is 2.11 bits per heavy atom. The summed E-state index contributed by atoms with van der Waals surface area (Å²) in [6, 6.07) is 6.93. The Balaban J connectivity index is 2.03. The molecule has 1 unspecified atom stereocenters. The molecular weight excluding hydrogens is 242 g/mol. The molecule has 0 bridgehead atoms. The minimum Gasteiger partial charge on any atom is -0.444 e. The number of nitrogens with zero attached hydrogens (tertiary/aromatic N) is 1. The van der Waals surface area contributed by atoms with E-state index in [9.17, 15) is 4.79 Å². The van der Waals surface area contributed by atoms with Gasteiger partial charge in [0.25, 0.3) is 5.91 Å². The maximum Gasteiger partial charge on any atom is 0.251 e. The molecule has 0 fully saturated rings. The number of nitrogens with one attached hydrogen (secondary N) is 1. The van der Waals surface area contributed by atoms with Gasteiger partial charge in [-0.3, -0.25) is 4.79 Å². The Morgan fingerprint density at radius 3 is 2.63 bits per heavy atom. The van der Waals surface area contributed by atoms with Crippen LogP contribution in [-0.2, 0) is 6.54 Å². The van der Waals surface area contributed by atoms with Crippen molar-refractivity contribution < 1.29 is 9.21 Å². The lowest BCUT2D eigenvalue weighted by Crippen LogP contribution is -2.26. The first-order valence-corrected chi connectivity index (χ1v) is 6.12. The van der Waals surface area contributed by atoms with Gasteiger partial charge in [-0.1, -0.05) is 12.1 Å². The molecule has 1 aromatic carbocycles. The van der Waals surface area contributed by atoms with Crippen LogP contribution in [0.1, 0.15) is 40.5 Å². The van der Waals surface area contributed by atoms with Crippen LogP contribution in [0.25, 0.3) is 0 Å². The van der Waals surface area contributed by atoms with Crippen LogP contribution in [0.15, 0.2) is 34.9 Å². The summed E-state index contributed by atoms with van der Waals surface area (Å²) < 4.78 is 5.38. The zero-order chi connectivity index (χ0) is 13.8. The fourth-order valence-corrected chi connectivity index (χ4v) is 1.71. The molecule has 5 nitrogen and oxygen atoms in total. The molecule has 0 saturated carbocycles. The largest absolute Gasteiger partial charge is 0.444 e. The summed E-state index contributed by atoms with van der Waals surface area (Å²) in [7, 11) is 0. The van der Waals surface area contributed by atoms with Crippen molar-refractivity contribution in [1.29, 1.82) is 0 Å². The molecule has 0 spiro atoms. The van der Waals surface area contributed by atoms with Crippen LogP contribution in [-0.4, -0.2) is 10.9 Å². The first-order valence-electron chi connectivity index (χ1n) is 6.12. The lowest BCUT2D eigenvalue weighted by Gasteiger charge is -2.10. The predicted molar refractivity (Wildman–Crippen MR) is 71.5 cm³/mol. The molecule has 5 heteroatoms. The van der Waals surface area contributed by atoms with E-state index in [2.05, 4.69) is 10.3 Å². The second-order valence-electron chi connectivity index (χ2n) is 4.41. The number of aryl methyl sites for hydroxylation is 1. The van der Waals surface area contributed by atoms with E-state index in [4.69, 9.17) is 10.2 Å². The molecule has 19 heavy (non-hydrogen) atoms. The predicted octanol–water partition coefficient (Wildman–Crippen LogP) is 1.93. The SMILES string of the molecule is Cc1cnc(C(C)NC(=O)c2ccc(CN)cc2)o1. The molecule has 1 amide bonds. The molecule has 0 radical (unpaired) electrons. The number of carbonyl (C=O) groups is 1. The van der Waals surface area contributed by atoms with Crippen molar-refractivity contribution in [3.63, 3.8) is 0 Å². The number of rotatable bonds is 4. The molecule has 0 aliphatic heterocycles. The summed E-state index contributed by atoms with van der Waals surface area (Å²) >= 11 is 0. The normalized spacial score (nSPS) is 12.2. The van der Waals surface area contributed by atoms with Crippen molar-refractivity contribution in [3.05, 3.63) is 53.2 Å². The third-order valence-electron chi connectivity index (χ3n) is 2.81. The Morgan fingerprint density at radius 1 is 1.42 bits per heavy atom. The van der Waals surface area contributed by atoms with E-state index in [1.807, 2.05) is 26.0 Å². The van der Waals surface area contributed by atoms with Gasteiger partial charge in [0.2, 0.25) is 5.89 Å². The summed E-state index contributed by atoms with van der Waals surface area (Å²) in [5.74, 6) is 1.07. The van der Waals surface area contributed by atoms with Gasteiger partial charge in [0.15, 0.2) is 0 Å². The minimum absolute atomic E-state index is 0.160. The van der Waals surface area contributed by atoms with E-state index < -0.39 is 0 Å². The van der Waals surface area contributed by atoms with E-state index in [1.165, 1.54) is 0 Å². The van der Waals surface area contributed by atoms with Crippen LogP contribution in [0.4, 0.5) is 0 Å². The van der Waals surface area contributed by atoms with Crippen molar-refractivity contribution in [2.75, 3.05) is 0 Å². The number of hydrogen-bond donors (Lipinski definition) is 2. The van der Waals surface area contributed by atoms with E-state index in [0.717, 1.165) is 11.3 Å². The first kappa shape index (κ1) is 13.3. The Hall–Kier alpha value is -2.14. The van der Waals surface area contributed by atoms with Gasteiger partial charge in [-0.2, -0.15) is 0 Å². The van der Waals surface area contributed by atoms with Gasteiger partial charge in [0.1, 0.15) is 11.8 Å². The number of hydrogen-bond acceptors (Lipinski definition) is 4. The molecule has 3 N–H and O–H groups in total. The molecule has 1 atom stereocenters. The summed E-state index contributed by atoms with van der Waals surface area (Å²) in [6.07, 6.45) is 1.63. The molecule has 0 aliphatic rings. The summed E-state index contributed by atoms with van der Waals surface area (Å²) in [5, 5.41) is 2.84. The third-order valence-corrected chi connectivity index (χ3v) is 2.81. The second kappa shape index (κ2) is 5.67. The van der Waals surface area contributed by atoms with Crippen LogP contribution in [0.5, 0.6) is 0 Å². The lowest BCUT2D eigenvalue weighted by atomic mass is 10.1. The first-order chi connectivity index (χ1) is 9.10. The van der Waals surface area contributed by atoms with Crippen molar-refractivity contribution in [3.8, 4) is 0 Å². The van der Waals surface area contributed by atoms with Crippen molar-refractivity contribution in [1.82, 2.24) is 10.3 Å². The number of oxazole rings is 1. The van der Waals surface area contributed by atoms with Gasteiger partial charge in [-0.25, -0.2) is 4.98 Å². The molecule has 2 aromatic rings. The molecule has 100 valence electrons. The highest BCUT2D eigenvalue weighted by atomic mass is 16.4. The fraction of sp³-hybridized carbons (Fsp3) is 0.286. The Labute approximate surface area is 111 Å². The van der Waals surface area contributed by atoms with Gasteiger partial charge in [-0.05, 0) is 31.5 Å². The monoisotopic (exact) mass is 259 g/mol. The molecule has 0 saturated heterocycles. The van der Waals surface area contributed by atoms with Crippen LogP contribution < -0.4 is 11.1 Å². The van der Waals surface area contributed by atoms with E-state index in [-0.39, 0.29) is 11.9 Å². The van der Waals surface area contributed by atoms with E-state index in [1.54, 1.807) is 18.3 Å². The number of carbonyl (C=O) groups excluding carboxylic acids is 1. The quantitative estimate of drug-likeness (QED) is 0.879. The van der Waals surface area contributed by atoms with Gasteiger partial charge >= 0.3 is 0 Å². The number of nitrogens with two attached hydrogens (primary N) is 1. The third kappa shape index (κ3) is 3.20. The van der Waals surface area contributed by atoms with Gasteiger partial charge in [0, 0.05) is 12.1 Å². The van der Waals surface area contributed by atoms with Crippen LogP contribution in [0.2, 0.25) is 0 Å². The highest BCUT2D eigenvalue weighted by Crippen LogP contribution is 2.13. The number of aromatic nitrogens is 1. The zero-order valence-electron chi connectivity index (χ0n) is 11.0. The van der Waals surface area contributed by atoms with Gasteiger partial charge in [0.05, 0.1) is 6.20 Å². The Bertz CT molecular complexity index is 560. The van der Waals surface area contributed by atoms with Gasteiger partial charge < -0.3 is 15.5 Å². The average molecular weight is 259 g/mol. The molecule has 2 rings (SSSR count). The summed E-state index contributed by atoms with van der Waals surface area (Å²) in [5.41, 5.74) is 7.10. The molecule has 0 aliphatic carbocycles. The van der Waals surface area contributed by atoms with Gasteiger partial charge in [-0.15, -0.1) is 0 Å². The topological polar surface area (TPSA) is 81.2 Å². The minimum atomic E-state index is -0.268. The smallest absolute Gasteiger partial charge is 0.251 e. The van der Waals surface area contributed by atoms with Crippen molar-refractivity contribution >= 4 is 5.91 Å². The maximum atomic E-state index is 12.0. The summed E-state index contributed by atoms with van der Waals surface area (Å²) in [6.45, 7) is 4.11. The standard InChI is InChI=1S/C14H17N3O2/c1-9-8-16-14(19-9)10(2)17-13(18)12-5-3-11(7-15)4-6-12/h3-6,8,10H,7,15H2,1-2H3,(H,17,18). The number of amides is 1. The molecule has 1 heterocycles. The molecule has 1 aromatic heterocycles. The average Bonchev–Trinajstić information content (AvgIpc) is 2.85. The van der Waals surface area contributed by atoms with Crippen molar-refractivity contribution in [2.45, 2.75) is 26.4 Å². The van der Waals surface area contributed by atoms with Crippen molar-refractivity contribution in [2.24, 2.45) is 5.73 Å².